The number of hydrogen-bond acceptors (Lipinski definition) is 12. The Bertz CT molecular complexity index is 345. The van der Waals surface area contributed by atoms with Gasteiger partial charge in [0.1, 0.15) is 6.79 Å². The molecule has 0 aromatic rings. The largest absolute Gasteiger partial charge is 0.385 e. The van der Waals surface area contributed by atoms with Crippen LogP contribution in [0.25, 0.3) is 0 Å². The van der Waals surface area contributed by atoms with Crippen LogP contribution in [-0.2, 0) is 56.8 Å². The van der Waals surface area contributed by atoms with Gasteiger partial charge in [-0.05, 0) is 44.9 Å². The number of rotatable bonds is 28. The number of unbranched alkanes of at least 4 members (excludes halogenated alkanes) is 7. The fourth-order valence-corrected chi connectivity index (χ4v) is 2.79. The first-order valence-electron chi connectivity index (χ1n) is 19.2. The SMILES string of the molecule is CCCCCCOC.CCCCCOC.CCCCOC.CCCOC.COCCCCOC.COCCCOC.COCCOC.COCOC. The van der Waals surface area contributed by atoms with Crippen molar-refractivity contribution >= 4 is 0 Å². The maximum Gasteiger partial charge on any atom is 0.145 e. The fourth-order valence-electron chi connectivity index (χ4n) is 2.79. The summed E-state index contributed by atoms with van der Waals surface area (Å²) in [5.41, 5.74) is 0. The van der Waals surface area contributed by atoms with Gasteiger partial charge in [0.05, 0.1) is 13.2 Å². The highest BCUT2D eigenvalue weighted by molar-refractivity contribution is 4.37. The van der Waals surface area contributed by atoms with Crippen LogP contribution in [0.5, 0.6) is 0 Å². The second-order valence-electron chi connectivity index (χ2n) is 10.8. The van der Waals surface area contributed by atoms with Gasteiger partial charge in [-0.2, -0.15) is 0 Å². The lowest BCUT2D eigenvalue weighted by atomic mass is 10.2. The van der Waals surface area contributed by atoms with Gasteiger partial charge < -0.3 is 56.8 Å². The molecule has 0 heterocycles. The summed E-state index contributed by atoms with van der Waals surface area (Å²) in [6.45, 7) is 17.4. The average molecular weight is 769 g/mol. The topological polar surface area (TPSA) is 111 Å². The Hall–Kier alpha value is -0.480. The van der Waals surface area contributed by atoms with Gasteiger partial charge in [-0.15, -0.1) is 0 Å². The Balaban J connectivity index is -0.0000000713. The minimum atomic E-state index is 0.389. The van der Waals surface area contributed by atoms with Gasteiger partial charge in [-0.1, -0.05) is 66.2 Å². The molecule has 0 radical (unpaired) electrons. The Labute approximate surface area is 325 Å². The monoisotopic (exact) mass is 769 g/mol. The van der Waals surface area contributed by atoms with Crippen molar-refractivity contribution in [2.75, 3.05) is 158 Å². The summed E-state index contributed by atoms with van der Waals surface area (Å²) in [5.74, 6) is 0. The fraction of sp³-hybridized carbons (Fsp3) is 1.00. The van der Waals surface area contributed by atoms with Gasteiger partial charge in [-0.25, -0.2) is 0 Å². The molecule has 0 spiro atoms. The molecular formula is C40H96O12. The molecule has 12 nitrogen and oxygen atoms in total. The zero-order valence-corrected chi connectivity index (χ0v) is 37.9. The van der Waals surface area contributed by atoms with E-state index < -0.39 is 0 Å². The average Bonchev–Trinajstić information content (AvgIpc) is 3.16. The Morgan fingerprint density at radius 1 is 0.192 bits per heavy atom. The van der Waals surface area contributed by atoms with Crippen LogP contribution in [0, 0.1) is 0 Å². The van der Waals surface area contributed by atoms with E-state index in [4.69, 9.17) is 37.9 Å². The van der Waals surface area contributed by atoms with Gasteiger partial charge in [0, 0.05) is 138 Å². The molecule has 0 aromatic heterocycles. The lowest BCUT2D eigenvalue weighted by Gasteiger charge is -1.96. The summed E-state index contributed by atoms with van der Waals surface area (Å²) in [7, 11) is 20.2. The predicted octanol–water partition coefficient (Wildman–Crippen LogP) is 8.76. The molecule has 0 N–H and O–H groups in total. The number of hydrogen-bond donors (Lipinski definition) is 0. The van der Waals surface area contributed by atoms with Crippen LogP contribution in [0.15, 0.2) is 0 Å². The van der Waals surface area contributed by atoms with Gasteiger partial charge in [0.25, 0.3) is 0 Å². The van der Waals surface area contributed by atoms with E-state index in [2.05, 4.69) is 46.6 Å². The molecule has 0 saturated carbocycles. The number of methoxy groups -OCH3 is 12. The molecule has 0 unspecified atom stereocenters. The maximum atomic E-state index is 4.89. The first-order valence-corrected chi connectivity index (χ1v) is 19.2. The Kier molecular flexibility index (Phi) is 131. The van der Waals surface area contributed by atoms with Crippen molar-refractivity contribution in [2.45, 2.75) is 111 Å². The molecule has 0 saturated heterocycles. The van der Waals surface area contributed by atoms with E-state index in [0.717, 1.165) is 78.5 Å². The van der Waals surface area contributed by atoms with Gasteiger partial charge >= 0.3 is 0 Å². The summed E-state index contributed by atoms with van der Waals surface area (Å²) >= 11 is 0. The third-order valence-corrected chi connectivity index (χ3v) is 5.64. The molecule has 12 heteroatoms. The molecule has 52 heavy (non-hydrogen) atoms. The van der Waals surface area contributed by atoms with Crippen molar-refractivity contribution in [1.82, 2.24) is 0 Å². The molecular weight excluding hydrogens is 672 g/mol. The highest BCUT2D eigenvalue weighted by Crippen LogP contribution is 1.97. The summed E-state index contributed by atoms with van der Waals surface area (Å²) in [6.07, 6.45) is 15.7. The summed E-state index contributed by atoms with van der Waals surface area (Å²) < 4.78 is 56.7. The minimum Gasteiger partial charge on any atom is -0.385 e. The highest BCUT2D eigenvalue weighted by atomic mass is 16.6. The second kappa shape index (κ2) is 98.2. The predicted molar refractivity (Wildman–Crippen MR) is 220 cm³/mol. The van der Waals surface area contributed by atoms with Crippen LogP contribution >= 0.6 is 0 Å². The van der Waals surface area contributed by atoms with Crippen molar-refractivity contribution in [3.63, 3.8) is 0 Å². The molecule has 0 amide bonds. The molecule has 328 valence electrons. The van der Waals surface area contributed by atoms with Crippen LogP contribution in [0.3, 0.4) is 0 Å². The lowest BCUT2D eigenvalue weighted by Crippen LogP contribution is -1.96. The molecule has 0 rings (SSSR count). The summed E-state index contributed by atoms with van der Waals surface area (Å²) in [6, 6.07) is 0. The zero-order valence-electron chi connectivity index (χ0n) is 37.9. The van der Waals surface area contributed by atoms with Crippen molar-refractivity contribution in [2.24, 2.45) is 0 Å². The smallest absolute Gasteiger partial charge is 0.145 e. The lowest BCUT2D eigenvalue weighted by molar-refractivity contribution is -0.00272. The van der Waals surface area contributed by atoms with E-state index in [9.17, 15) is 0 Å². The first kappa shape index (κ1) is 69.4. The van der Waals surface area contributed by atoms with Crippen LogP contribution in [0.1, 0.15) is 111 Å². The van der Waals surface area contributed by atoms with Crippen molar-refractivity contribution in [3.8, 4) is 0 Å². The van der Waals surface area contributed by atoms with Gasteiger partial charge in [0.2, 0.25) is 0 Å². The van der Waals surface area contributed by atoms with Crippen molar-refractivity contribution in [3.05, 3.63) is 0 Å². The second-order valence-corrected chi connectivity index (χ2v) is 10.8. The van der Waals surface area contributed by atoms with Crippen molar-refractivity contribution in [1.29, 1.82) is 0 Å². The molecule has 0 aromatic carbocycles. The van der Waals surface area contributed by atoms with E-state index in [-0.39, 0.29) is 0 Å². The quantitative estimate of drug-likeness (QED) is 0.0561. The third kappa shape index (κ3) is 154. The van der Waals surface area contributed by atoms with E-state index in [1.807, 2.05) is 0 Å². The summed E-state index contributed by atoms with van der Waals surface area (Å²) in [4.78, 5) is 0. The van der Waals surface area contributed by atoms with E-state index in [0.29, 0.717) is 20.0 Å². The minimum absolute atomic E-state index is 0.389. The molecule has 0 aliphatic rings. The third-order valence-electron chi connectivity index (χ3n) is 5.64. The van der Waals surface area contributed by atoms with Crippen LogP contribution < -0.4 is 0 Å². The van der Waals surface area contributed by atoms with Gasteiger partial charge in [0.15, 0.2) is 0 Å². The van der Waals surface area contributed by atoms with E-state index in [1.54, 1.807) is 85.3 Å². The van der Waals surface area contributed by atoms with E-state index >= 15 is 0 Å². The molecule has 0 atom stereocenters. The van der Waals surface area contributed by atoms with Crippen LogP contribution in [-0.4, -0.2) is 158 Å². The van der Waals surface area contributed by atoms with Crippen molar-refractivity contribution < 1.29 is 56.8 Å². The molecule has 0 aliphatic heterocycles. The highest BCUT2D eigenvalue weighted by Gasteiger charge is 1.84. The van der Waals surface area contributed by atoms with Gasteiger partial charge in [-0.3, -0.25) is 0 Å². The van der Waals surface area contributed by atoms with Crippen LogP contribution in [0.4, 0.5) is 0 Å². The first-order chi connectivity index (χ1) is 25.3. The normalized spacial score (nSPS) is 9.23. The standard InChI is InChI=1S/C7H16O.C6H14O2.C6H14O.C5H12O2.C5H12O.C4H10O2.C4H10O.C3H8O2/c1-3-4-5-6-7-8-2;1-7-5-3-4-6-8-2;1-3-4-5-6-7-2;1-6-4-3-5-7-2;1-3-4-5-6-2;1-5-3-4-6-2;1-3-4-5-2;1-4-3-5-2/h3-7H2,1-2H3;3-6H2,1-2H3;3-6H2,1-2H3;3-5H2,1-2H3;3-5H2,1-2H3;3-4H2,1-2H3;3-4H2,1-2H3;3H2,1-2H3. The zero-order chi connectivity index (χ0) is 41.5. The Morgan fingerprint density at radius 3 is 0.654 bits per heavy atom. The molecule has 0 fully saturated rings. The summed E-state index contributed by atoms with van der Waals surface area (Å²) in [5, 5.41) is 0. The maximum absolute atomic E-state index is 4.89. The van der Waals surface area contributed by atoms with Crippen LogP contribution in [0.2, 0.25) is 0 Å². The molecule has 0 aliphatic carbocycles. The Morgan fingerprint density at radius 2 is 0.442 bits per heavy atom. The molecule has 0 bridgehead atoms. The van der Waals surface area contributed by atoms with E-state index in [1.165, 1.54) is 57.8 Å². The number of ether oxygens (including phenoxy) is 12.